The number of β-amino-alcohol motifs (C(OH)–C–C–N with tert-alkyl or cyclic N) is 1. The molecule has 1 saturated heterocycles. The van der Waals surface area contributed by atoms with Crippen molar-refractivity contribution in [2.24, 2.45) is 11.3 Å². The third-order valence-corrected chi connectivity index (χ3v) is 6.99. The van der Waals surface area contributed by atoms with Crippen LogP contribution in [0.25, 0.3) is 5.57 Å². The molecule has 3 N–H and O–H groups in total. The Bertz CT molecular complexity index is 857. The number of aliphatic hydroxyl groups is 1. The quantitative estimate of drug-likeness (QED) is 0.623. The van der Waals surface area contributed by atoms with Crippen molar-refractivity contribution in [2.45, 2.75) is 58.7 Å². The Morgan fingerprint density at radius 2 is 2.10 bits per heavy atom. The lowest BCUT2D eigenvalue weighted by atomic mass is 9.85. The van der Waals surface area contributed by atoms with Crippen LogP contribution in [0.3, 0.4) is 0 Å². The molecule has 1 aromatic heterocycles. The zero-order chi connectivity index (χ0) is 22.8. The van der Waals surface area contributed by atoms with E-state index >= 15 is 0 Å². The van der Waals surface area contributed by atoms with Crippen LogP contribution in [0.5, 0.6) is 0 Å². The van der Waals surface area contributed by atoms with Crippen LogP contribution in [0.2, 0.25) is 0 Å². The van der Waals surface area contributed by atoms with Crippen LogP contribution in [-0.4, -0.2) is 65.1 Å². The number of nitrogens with zero attached hydrogens (tertiary/aromatic N) is 2. The standard InChI is InChI=1S/C23H34N4O3S/c1-14-8-15(19-11-25-13-31-19)6-7-16(14)10-26-21(29)18-9-17(28)12-27(18)22(30)20(24-5)23(2,3)4/h6-7,11,13-14,17-18,20,24,28H,8-10,12H2,1-5H3,(H,26,29). The number of rotatable bonds is 6. The Hall–Kier alpha value is -2.03. The molecular weight excluding hydrogens is 412 g/mol. The van der Waals surface area contributed by atoms with Crippen molar-refractivity contribution in [2.75, 3.05) is 20.1 Å². The number of allylic oxidation sites excluding steroid dienone is 3. The molecule has 2 amide bonds. The lowest BCUT2D eigenvalue weighted by Gasteiger charge is -2.34. The lowest BCUT2D eigenvalue weighted by Crippen LogP contribution is -2.56. The molecule has 0 aromatic carbocycles. The second-order valence-corrected chi connectivity index (χ2v) is 10.5. The summed E-state index contributed by atoms with van der Waals surface area (Å²) in [5.41, 5.74) is 3.95. The predicted octanol–water partition coefficient (Wildman–Crippen LogP) is 2.20. The van der Waals surface area contributed by atoms with Gasteiger partial charge in [-0.15, -0.1) is 11.3 Å². The van der Waals surface area contributed by atoms with E-state index in [1.165, 1.54) is 15.4 Å². The number of amides is 2. The maximum absolute atomic E-state index is 13.1. The van der Waals surface area contributed by atoms with E-state index in [9.17, 15) is 14.7 Å². The van der Waals surface area contributed by atoms with Gasteiger partial charge in [0.05, 0.1) is 22.5 Å². The van der Waals surface area contributed by atoms with Crippen LogP contribution in [0.4, 0.5) is 0 Å². The molecule has 1 aliphatic heterocycles. The van der Waals surface area contributed by atoms with Crippen LogP contribution in [0, 0.1) is 11.3 Å². The Morgan fingerprint density at radius 3 is 2.68 bits per heavy atom. The van der Waals surface area contributed by atoms with Crippen LogP contribution in [-0.2, 0) is 9.59 Å². The zero-order valence-corrected chi connectivity index (χ0v) is 19.8. The first-order chi connectivity index (χ1) is 14.6. The molecule has 4 unspecified atom stereocenters. The fourth-order valence-electron chi connectivity index (χ4n) is 4.40. The van der Waals surface area contributed by atoms with Gasteiger partial charge in [0.1, 0.15) is 6.04 Å². The summed E-state index contributed by atoms with van der Waals surface area (Å²) in [6.45, 7) is 8.74. The summed E-state index contributed by atoms with van der Waals surface area (Å²) in [6, 6.07) is -1.08. The third kappa shape index (κ3) is 5.42. The number of thiazole rings is 1. The number of aliphatic hydroxyl groups excluding tert-OH is 1. The van der Waals surface area contributed by atoms with E-state index in [-0.39, 0.29) is 30.2 Å². The number of likely N-dealkylation sites (tertiary alicyclic amines) is 1. The van der Waals surface area contributed by atoms with Gasteiger partial charge in [-0.3, -0.25) is 14.6 Å². The molecule has 0 radical (unpaired) electrons. The molecule has 7 nitrogen and oxygen atoms in total. The van der Waals surface area contributed by atoms with E-state index in [0.29, 0.717) is 12.5 Å². The van der Waals surface area contributed by atoms with Gasteiger partial charge in [-0.1, -0.05) is 39.8 Å². The van der Waals surface area contributed by atoms with E-state index in [2.05, 4.69) is 34.7 Å². The molecule has 8 heteroatoms. The predicted molar refractivity (Wildman–Crippen MR) is 123 cm³/mol. The van der Waals surface area contributed by atoms with Gasteiger partial charge in [0, 0.05) is 25.7 Å². The summed E-state index contributed by atoms with van der Waals surface area (Å²) in [4.78, 5) is 33.0. The number of likely N-dealkylation sites (N-methyl/N-ethyl adjacent to an activating group) is 1. The van der Waals surface area contributed by atoms with Crippen molar-refractivity contribution in [3.63, 3.8) is 0 Å². The van der Waals surface area contributed by atoms with Gasteiger partial charge in [0.25, 0.3) is 0 Å². The number of carbonyl (C=O) groups is 2. The number of carbonyl (C=O) groups excluding carboxylic acids is 2. The Labute approximate surface area is 188 Å². The minimum Gasteiger partial charge on any atom is -0.391 e. The molecule has 3 rings (SSSR count). The summed E-state index contributed by atoms with van der Waals surface area (Å²) in [7, 11) is 1.75. The Kier molecular flexibility index (Phi) is 7.34. The number of nitrogens with one attached hydrogen (secondary N) is 2. The Morgan fingerprint density at radius 1 is 1.35 bits per heavy atom. The van der Waals surface area contributed by atoms with Gasteiger partial charge < -0.3 is 20.6 Å². The second-order valence-electron chi connectivity index (χ2n) is 9.61. The number of aromatic nitrogens is 1. The topological polar surface area (TPSA) is 94.6 Å². The van der Waals surface area contributed by atoms with Crippen LogP contribution in [0.15, 0.2) is 29.4 Å². The average molecular weight is 447 g/mol. The van der Waals surface area contributed by atoms with Gasteiger partial charge in [0.2, 0.25) is 11.8 Å². The first-order valence-electron chi connectivity index (χ1n) is 10.8. The smallest absolute Gasteiger partial charge is 0.243 e. The molecule has 1 aromatic rings. The highest BCUT2D eigenvalue weighted by Gasteiger charge is 2.43. The van der Waals surface area contributed by atoms with Crippen molar-refractivity contribution in [3.05, 3.63) is 34.3 Å². The summed E-state index contributed by atoms with van der Waals surface area (Å²) in [5.74, 6) is -0.0445. The maximum Gasteiger partial charge on any atom is 0.243 e. The molecule has 4 atom stereocenters. The summed E-state index contributed by atoms with van der Waals surface area (Å²) < 4.78 is 0. The Balaban J connectivity index is 1.66. The van der Waals surface area contributed by atoms with Gasteiger partial charge in [-0.05, 0) is 35.9 Å². The fraction of sp³-hybridized carbons (Fsp3) is 0.609. The molecule has 0 saturated carbocycles. The van der Waals surface area contributed by atoms with Crippen molar-refractivity contribution in [1.29, 1.82) is 0 Å². The van der Waals surface area contributed by atoms with E-state index < -0.39 is 18.2 Å². The van der Waals surface area contributed by atoms with Gasteiger partial charge in [0.15, 0.2) is 0 Å². The minimum atomic E-state index is -0.685. The van der Waals surface area contributed by atoms with E-state index in [4.69, 9.17) is 0 Å². The van der Waals surface area contributed by atoms with Gasteiger partial charge in [-0.25, -0.2) is 0 Å². The lowest BCUT2D eigenvalue weighted by molar-refractivity contribution is -0.142. The van der Waals surface area contributed by atoms with Gasteiger partial charge >= 0.3 is 0 Å². The highest BCUT2D eigenvalue weighted by molar-refractivity contribution is 7.10. The summed E-state index contributed by atoms with van der Waals surface area (Å²) >= 11 is 1.63. The van der Waals surface area contributed by atoms with E-state index in [1.54, 1.807) is 18.4 Å². The normalized spacial score (nSPS) is 25.1. The average Bonchev–Trinajstić information content (AvgIpc) is 3.36. The summed E-state index contributed by atoms with van der Waals surface area (Å²) in [6.07, 6.45) is 6.55. The monoisotopic (exact) mass is 446 g/mol. The second kappa shape index (κ2) is 9.63. The first-order valence-corrected chi connectivity index (χ1v) is 11.7. The molecule has 170 valence electrons. The number of hydrogen-bond donors (Lipinski definition) is 3. The molecule has 0 bridgehead atoms. The molecule has 2 heterocycles. The van der Waals surface area contributed by atoms with Crippen LogP contribution in [0.1, 0.15) is 45.4 Å². The molecule has 1 fully saturated rings. The fourth-order valence-corrected chi connectivity index (χ4v) is 5.06. The van der Waals surface area contributed by atoms with E-state index in [1.807, 2.05) is 32.5 Å². The SMILES string of the molecule is CNC(C(=O)N1CC(O)CC1C(=O)NCC1=CC=C(c2cncs2)CC1C)C(C)(C)C. The van der Waals surface area contributed by atoms with Crippen molar-refractivity contribution in [3.8, 4) is 0 Å². The van der Waals surface area contributed by atoms with Crippen molar-refractivity contribution < 1.29 is 14.7 Å². The van der Waals surface area contributed by atoms with Crippen molar-refractivity contribution >= 4 is 28.7 Å². The first kappa shape index (κ1) is 23.6. The maximum atomic E-state index is 13.1. The van der Waals surface area contributed by atoms with E-state index in [0.717, 1.165) is 12.0 Å². The molecule has 1 aliphatic carbocycles. The summed E-state index contributed by atoms with van der Waals surface area (Å²) in [5, 5.41) is 16.3. The highest BCUT2D eigenvalue weighted by atomic mass is 32.1. The molecule has 2 aliphatic rings. The molecular formula is C23H34N4O3S. The van der Waals surface area contributed by atoms with Crippen LogP contribution < -0.4 is 10.6 Å². The van der Waals surface area contributed by atoms with Gasteiger partial charge in [-0.2, -0.15) is 0 Å². The number of hydrogen-bond acceptors (Lipinski definition) is 6. The van der Waals surface area contributed by atoms with Crippen LogP contribution >= 0.6 is 11.3 Å². The third-order valence-electron chi connectivity index (χ3n) is 6.14. The zero-order valence-electron chi connectivity index (χ0n) is 19.0. The highest BCUT2D eigenvalue weighted by Crippen LogP contribution is 2.32. The van der Waals surface area contributed by atoms with Crippen molar-refractivity contribution in [1.82, 2.24) is 20.5 Å². The minimum absolute atomic E-state index is 0.144. The molecule has 0 spiro atoms. The largest absolute Gasteiger partial charge is 0.391 e. The molecule has 31 heavy (non-hydrogen) atoms.